The third-order valence-electron chi connectivity index (χ3n) is 2.21. The molecule has 2 aromatic rings. The van der Waals surface area contributed by atoms with E-state index in [0.29, 0.717) is 0 Å². The van der Waals surface area contributed by atoms with Crippen molar-refractivity contribution in [1.29, 1.82) is 0 Å². The van der Waals surface area contributed by atoms with E-state index in [0.717, 1.165) is 5.75 Å². The molecule has 0 aliphatic rings. The number of nitrogens with one attached hydrogen (secondary N) is 1. The fourth-order valence-electron chi connectivity index (χ4n) is 1.55. The predicted octanol–water partition coefficient (Wildman–Crippen LogP) is 3.59. The maximum atomic E-state index is 3.43. The number of aromatic nitrogens is 1. The summed E-state index contributed by atoms with van der Waals surface area (Å²) in [6.45, 7) is 4.35. The van der Waals surface area contributed by atoms with E-state index in [4.69, 9.17) is 0 Å². The second-order valence-corrected chi connectivity index (χ2v) is 4.33. The van der Waals surface area contributed by atoms with Gasteiger partial charge in [0, 0.05) is 10.9 Å². The maximum Gasteiger partial charge on any atom is 0.0762 e. The Labute approximate surface area is 82.5 Å². The Morgan fingerprint density at radius 3 is 2.77 bits per heavy atom. The first-order valence-electron chi connectivity index (χ1n) is 4.53. The molecule has 1 aromatic heterocycles. The van der Waals surface area contributed by atoms with Crippen LogP contribution in [0.1, 0.15) is 12.5 Å². The summed E-state index contributed by atoms with van der Waals surface area (Å²) < 4.78 is 0. The number of aryl methyl sites for hydroxylation is 1. The molecule has 13 heavy (non-hydrogen) atoms. The number of rotatable bonds is 2. The van der Waals surface area contributed by atoms with Gasteiger partial charge in [-0.2, -0.15) is 0 Å². The molecule has 0 radical (unpaired) electrons. The quantitative estimate of drug-likeness (QED) is 0.717. The molecule has 0 saturated heterocycles. The molecule has 0 atom stereocenters. The summed E-state index contributed by atoms with van der Waals surface area (Å²) in [4.78, 5) is 3.43. The zero-order valence-electron chi connectivity index (χ0n) is 7.92. The third-order valence-corrected chi connectivity index (χ3v) is 3.19. The Morgan fingerprint density at radius 1 is 1.31 bits per heavy atom. The average Bonchev–Trinajstić information content (AvgIpc) is 2.46. The summed E-state index contributed by atoms with van der Waals surface area (Å²) in [5, 5.41) is 2.65. The van der Waals surface area contributed by atoms with Crippen molar-refractivity contribution in [2.45, 2.75) is 18.9 Å². The van der Waals surface area contributed by atoms with Crippen LogP contribution in [0, 0.1) is 6.92 Å². The molecule has 1 aromatic carbocycles. The number of hydrogen-bond donors (Lipinski definition) is 1. The van der Waals surface area contributed by atoms with Gasteiger partial charge in [0.15, 0.2) is 0 Å². The number of benzene rings is 1. The molecule has 1 nitrogen and oxygen atoms in total. The predicted molar refractivity (Wildman–Crippen MR) is 59.4 cm³/mol. The van der Waals surface area contributed by atoms with E-state index < -0.39 is 0 Å². The second kappa shape index (κ2) is 3.46. The van der Waals surface area contributed by atoms with Gasteiger partial charge >= 0.3 is 0 Å². The monoisotopic (exact) mass is 191 g/mol. The highest BCUT2D eigenvalue weighted by atomic mass is 32.2. The van der Waals surface area contributed by atoms with Crippen molar-refractivity contribution < 1.29 is 0 Å². The van der Waals surface area contributed by atoms with E-state index in [9.17, 15) is 0 Å². The summed E-state index contributed by atoms with van der Waals surface area (Å²) in [6, 6.07) is 8.45. The normalized spacial score (nSPS) is 10.9. The van der Waals surface area contributed by atoms with E-state index in [1.165, 1.54) is 21.5 Å². The molecule has 68 valence electrons. The Balaban J connectivity index is 2.60. The number of aromatic amines is 1. The Hall–Kier alpha value is -0.890. The van der Waals surface area contributed by atoms with Crippen molar-refractivity contribution in [3.63, 3.8) is 0 Å². The first-order valence-corrected chi connectivity index (χ1v) is 5.51. The van der Waals surface area contributed by atoms with E-state index in [1.807, 2.05) is 11.8 Å². The molecule has 0 spiro atoms. The average molecular weight is 191 g/mol. The summed E-state index contributed by atoms with van der Waals surface area (Å²) in [6.07, 6.45) is 0. The summed E-state index contributed by atoms with van der Waals surface area (Å²) >= 11 is 1.87. The lowest BCUT2D eigenvalue weighted by Gasteiger charge is -1.94. The van der Waals surface area contributed by atoms with Gasteiger partial charge in [0.25, 0.3) is 0 Å². The molecule has 0 amide bonds. The lowest BCUT2D eigenvalue weighted by atomic mass is 10.2. The van der Waals surface area contributed by atoms with Crippen molar-refractivity contribution in [3.8, 4) is 0 Å². The van der Waals surface area contributed by atoms with Gasteiger partial charge in [0.05, 0.1) is 5.03 Å². The van der Waals surface area contributed by atoms with Crippen molar-refractivity contribution in [2.24, 2.45) is 0 Å². The van der Waals surface area contributed by atoms with Crippen LogP contribution in [0.4, 0.5) is 0 Å². The third kappa shape index (κ3) is 1.46. The van der Waals surface area contributed by atoms with E-state index in [1.54, 1.807) is 0 Å². The SMILES string of the molecule is CCSc1[nH]c2ccccc2c1C. The highest BCUT2D eigenvalue weighted by molar-refractivity contribution is 7.99. The van der Waals surface area contributed by atoms with Crippen molar-refractivity contribution >= 4 is 22.7 Å². The molecule has 0 saturated carbocycles. The van der Waals surface area contributed by atoms with Gasteiger partial charge in [0.2, 0.25) is 0 Å². The molecule has 1 N–H and O–H groups in total. The fraction of sp³-hybridized carbons (Fsp3) is 0.273. The highest BCUT2D eigenvalue weighted by Gasteiger charge is 2.05. The van der Waals surface area contributed by atoms with Crippen LogP contribution in [-0.4, -0.2) is 10.7 Å². The van der Waals surface area contributed by atoms with E-state index in [-0.39, 0.29) is 0 Å². The standard InChI is InChI=1S/C11H13NS/c1-3-13-11-8(2)9-6-4-5-7-10(9)12-11/h4-7,12H,3H2,1-2H3. The Bertz CT molecular complexity index is 417. The smallest absolute Gasteiger partial charge is 0.0762 e. The summed E-state index contributed by atoms with van der Waals surface area (Å²) in [7, 11) is 0. The molecule has 1 heterocycles. The van der Waals surface area contributed by atoms with Crippen LogP contribution in [0.2, 0.25) is 0 Å². The van der Waals surface area contributed by atoms with E-state index in [2.05, 4.69) is 43.1 Å². The Morgan fingerprint density at radius 2 is 2.08 bits per heavy atom. The zero-order valence-corrected chi connectivity index (χ0v) is 8.74. The topological polar surface area (TPSA) is 15.8 Å². The maximum absolute atomic E-state index is 3.43. The fourth-order valence-corrected chi connectivity index (χ4v) is 2.34. The van der Waals surface area contributed by atoms with Gasteiger partial charge in [-0.25, -0.2) is 0 Å². The van der Waals surface area contributed by atoms with Crippen LogP contribution in [0.5, 0.6) is 0 Å². The lowest BCUT2D eigenvalue weighted by Crippen LogP contribution is -1.74. The van der Waals surface area contributed by atoms with Crippen LogP contribution in [0.3, 0.4) is 0 Å². The summed E-state index contributed by atoms with van der Waals surface area (Å²) in [5.74, 6) is 1.12. The minimum absolute atomic E-state index is 1.12. The molecular formula is C11H13NS. The molecule has 0 unspecified atom stereocenters. The van der Waals surface area contributed by atoms with Crippen LogP contribution < -0.4 is 0 Å². The molecular weight excluding hydrogens is 178 g/mol. The van der Waals surface area contributed by atoms with Crippen LogP contribution in [-0.2, 0) is 0 Å². The van der Waals surface area contributed by atoms with Gasteiger partial charge in [-0.3, -0.25) is 0 Å². The summed E-state index contributed by atoms with van der Waals surface area (Å²) in [5.41, 5.74) is 2.62. The number of hydrogen-bond acceptors (Lipinski definition) is 1. The number of para-hydroxylation sites is 1. The molecule has 0 aliphatic heterocycles. The Kier molecular flexibility index (Phi) is 2.32. The van der Waals surface area contributed by atoms with Crippen molar-refractivity contribution in [3.05, 3.63) is 29.8 Å². The molecule has 2 heteroatoms. The van der Waals surface area contributed by atoms with Crippen LogP contribution in [0.25, 0.3) is 10.9 Å². The molecule has 0 fully saturated rings. The van der Waals surface area contributed by atoms with Gasteiger partial charge in [-0.1, -0.05) is 25.1 Å². The molecule has 0 bridgehead atoms. The lowest BCUT2D eigenvalue weighted by molar-refractivity contribution is 1.18. The highest BCUT2D eigenvalue weighted by Crippen LogP contribution is 2.28. The van der Waals surface area contributed by atoms with Gasteiger partial charge in [-0.05, 0) is 24.3 Å². The van der Waals surface area contributed by atoms with Gasteiger partial charge < -0.3 is 4.98 Å². The zero-order chi connectivity index (χ0) is 9.26. The molecule has 0 aliphatic carbocycles. The molecule has 2 rings (SSSR count). The van der Waals surface area contributed by atoms with Crippen molar-refractivity contribution in [1.82, 2.24) is 4.98 Å². The number of fused-ring (bicyclic) bond motifs is 1. The van der Waals surface area contributed by atoms with Crippen LogP contribution >= 0.6 is 11.8 Å². The van der Waals surface area contributed by atoms with Gasteiger partial charge in [-0.15, -0.1) is 11.8 Å². The van der Waals surface area contributed by atoms with Crippen LogP contribution in [0.15, 0.2) is 29.3 Å². The first kappa shape index (κ1) is 8.70. The van der Waals surface area contributed by atoms with Crippen molar-refractivity contribution in [2.75, 3.05) is 5.75 Å². The largest absolute Gasteiger partial charge is 0.350 e. The minimum Gasteiger partial charge on any atom is -0.350 e. The van der Waals surface area contributed by atoms with E-state index >= 15 is 0 Å². The minimum atomic E-state index is 1.12. The number of H-pyrrole nitrogens is 1. The first-order chi connectivity index (χ1) is 6.33. The van der Waals surface area contributed by atoms with Gasteiger partial charge in [0.1, 0.15) is 0 Å². The second-order valence-electron chi connectivity index (χ2n) is 3.06. The number of thioether (sulfide) groups is 1.